The minimum absolute atomic E-state index is 0.0409. The van der Waals surface area contributed by atoms with Crippen molar-refractivity contribution in [2.75, 3.05) is 39.3 Å². The molecule has 1 aliphatic heterocycles. The number of piperazine rings is 1. The molecule has 0 radical (unpaired) electrons. The highest BCUT2D eigenvalue weighted by molar-refractivity contribution is 6.30. The second kappa shape index (κ2) is 7.66. The number of nitrogens with zero attached hydrogens (tertiary/aromatic N) is 2. The summed E-state index contributed by atoms with van der Waals surface area (Å²) in [6, 6.07) is 7.12. The molecule has 0 aromatic heterocycles. The number of rotatable bonds is 5. The van der Waals surface area contributed by atoms with E-state index in [-0.39, 0.29) is 12.5 Å². The van der Waals surface area contributed by atoms with Gasteiger partial charge in [0.05, 0.1) is 0 Å². The monoisotopic (exact) mass is 310 g/mol. The highest BCUT2D eigenvalue weighted by Gasteiger charge is 2.21. The zero-order valence-electron chi connectivity index (χ0n) is 12.7. The zero-order chi connectivity index (χ0) is 15.2. The molecule has 116 valence electrons. The molecule has 0 aliphatic carbocycles. The Hall–Kier alpha value is -1.26. The molecule has 0 spiro atoms. The number of carbonyl (C=O) groups is 1. The van der Waals surface area contributed by atoms with E-state index < -0.39 is 0 Å². The van der Waals surface area contributed by atoms with Crippen molar-refractivity contribution in [1.82, 2.24) is 9.80 Å². The van der Waals surface area contributed by atoms with Gasteiger partial charge in [-0.25, -0.2) is 0 Å². The number of hydrogen-bond donors (Lipinski definition) is 0. The maximum Gasteiger partial charge on any atom is 0.260 e. The molecule has 4 nitrogen and oxygen atoms in total. The Balaban J connectivity index is 1.75. The Labute approximate surface area is 131 Å². The lowest BCUT2D eigenvalue weighted by Gasteiger charge is -2.35. The fraction of sp³-hybridized carbons (Fsp3) is 0.562. The summed E-state index contributed by atoms with van der Waals surface area (Å²) in [7, 11) is 0. The number of ether oxygens (including phenoxy) is 1. The number of carbonyl (C=O) groups excluding carboxylic acids is 1. The van der Waals surface area contributed by atoms with Gasteiger partial charge in [0.2, 0.25) is 0 Å². The largest absolute Gasteiger partial charge is 0.484 e. The lowest BCUT2D eigenvalue weighted by molar-refractivity contribution is -0.135. The van der Waals surface area contributed by atoms with Crippen molar-refractivity contribution in [2.45, 2.75) is 13.8 Å². The van der Waals surface area contributed by atoms with Crippen LogP contribution in [0.25, 0.3) is 0 Å². The number of halogens is 1. The van der Waals surface area contributed by atoms with E-state index in [1.54, 1.807) is 18.2 Å². The van der Waals surface area contributed by atoms with E-state index in [0.717, 1.165) is 32.7 Å². The standard InChI is InChI=1S/C16H23ClN2O2/c1-13(2)11-18-6-8-19(9-7-18)16(20)12-21-15-5-3-4-14(17)10-15/h3-5,10,13H,6-9,11-12H2,1-2H3. The third-order valence-corrected chi connectivity index (χ3v) is 3.74. The van der Waals surface area contributed by atoms with E-state index in [4.69, 9.17) is 16.3 Å². The third-order valence-electron chi connectivity index (χ3n) is 3.51. The highest BCUT2D eigenvalue weighted by Crippen LogP contribution is 2.17. The maximum atomic E-state index is 12.1. The highest BCUT2D eigenvalue weighted by atomic mass is 35.5. The molecule has 0 atom stereocenters. The first-order valence-corrected chi connectivity index (χ1v) is 7.81. The molecule has 0 saturated carbocycles. The van der Waals surface area contributed by atoms with E-state index >= 15 is 0 Å². The average Bonchev–Trinajstić information content (AvgIpc) is 2.45. The first kappa shape index (κ1) is 16.1. The van der Waals surface area contributed by atoms with Crippen molar-refractivity contribution < 1.29 is 9.53 Å². The molecule has 1 amide bonds. The maximum absolute atomic E-state index is 12.1. The van der Waals surface area contributed by atoms with E-state index in [1.165, 1.54) is 0 Å². The van der Waals surface area contributed by atoms with E-state index in [2.05, 4.69) is 18.7 Å². The van der Waals surface area contributed by atoms with Crippen molar-refractivity contribution in [2.24, 2.45) is 5.92 Å². The molecule has 1 aromatic rings. The van der Waals surface area contributed by atoms with Gasteiger partial charge in [-0.05, 0) is 24.1 Å². The van der Waals surface area contributed by atoms with Gasteiger partial charge in [0.1, 0.15) is 5.75 Å². The van der Waals surface area contributed by atoms with Gasteiger partial charge in [-0.15, -0.1) is 0 Å². The molecule has 1 aliphatic rings. The molecule has 2 rings (SSSR count). The van der Waals surface area contributed by atoms with Crippen molar-refractivity contribution in [3.05, 3.63) is 29.3 Å². The van der Waals surface area contributed by atoms with Gasteiger partial charge in [-0.1, -0.05) is 31.5 Å². The molecule has 0 N–H and O–H groups in total. The Bertz CT molecular complexity index is 471. The zero-order valence-corrected chi connectivity index (χ0v) is 13.5. The normalized spacial score (nSPS) is 16.3. The summed E-state index contributed by atoms with van der Waals surface area (Å²) in [4.78, 5) is 16.4. The molecular formula is C16H23ClN2O2. The van der Waals surface area contributed by atoms with Gasteiger partial charge in [0.15, 0.2) is 6.61 Å². The number of hydrogen-bond acceptors (Lipinski definition) is 3. The van der Waals surface area contributed by atoms with Crippen LogP contribution in [0.4, 0.5) is 0 Å². The summed E-state index contributed by atoms with van der Waals surface area (Å²) in [5.41, 5.74) is 0. The Kier molecular flexibility index (Phi) is 5.88. The molecule has 1 saturated heterocycles. The SMILES string of the molecule is CC(C)CN1CCN(C(=O)COc2cccc(Cl)c2)CC1. The fourth-order valence-corrected chi connectivity index (χ4v) is 2.67. The van der Waals surface area contributed by atoms with Crippen molar-refractivity contribution in [3.8, 4) is 5.75 Å². The minimum Gasteiger partial charge on any atom is -0.484 e. The Morgan fingerprint density at radius 3 is 2.62 bits per heavy atom. The van der Waals surface area contributed by atoms with Crippen LogP contribution in [0.3, 0.4) is 0 Å². The summed E-state index contributed by atoms with van der Waals surface area (Å²) in [6.07, 6.45) is 0. The molecule has 1 aromatic carbocycles. The van der Waals surface area contributed by atoms with Crippen LogP contribution in [0.2, 0.25) is 5.02 Å². The van der Waals surface area contributed by atoms with E-state index in [9.17, 15) is 4.79 Å². The molecular weight excluding hydrogens is 288 g/mol. The second-order valence-electron chi connectivity index (χ2n) is 5.82. The number of amides is 1. The van der Waals surface area contributed by atoms with Gasteiger partial charge >= 0.3 is 0 Å². The molecule has 0 unspecified atom stereocenters. The van der Waals surface area contributed by atoms with Gasteiger partial charge in [-0.3, -0.25) is 9.69 Å². The van der Waals surface area contributed by atoms with E-state index in [0.29, 0.717) is 16.7 Å². The third kappa shape index (κ3) is 5.21. The van der Waals surface area contributed by atoms with Gasteiger partial charge in [0.25, 0.3) is 5.91 Å². The average molecular weight is 311 g/mol. The molecule has 0 bridgehead atoms. The van der Waals surface area contributed by atoms with Gasteiger partial charge < -0.3 is 9.64 Å². The van der Waals surface area contributed by atoms with Crippen LogP contribution in [-0.4, -0.2) is 55.0 Å². The Morgan fingerprint density at radius 1 is 1.29 bits per heavy atom. The van der Waals surface area contributed by atoms with Gasteiger partial charge in [0, 0.05) is 37.7 Å². The number of benzene rings is 1. The van der Waals surface area contributed by atoms with E-state index in [1.807, 2.05) is 11.0 Å². The molecule has 1 heterocycles. The molecule has 21 heavy (non-hydrogen) atoms. The molecule has 5 heteroatoms. The first-order valence-electron chi connectivity index (χ1n) is 7.43. The van der Waals surface area contributed by atoms with Crippen molar-refractivity contribution in [3.63, 3.8) is 0 Å². The fourth-order valence-electron chi connectivity index (χ4n) is 2.49. The van der Waals surface area contributed by atoms with Crippen LogP contribution in [-0.2, 0) is 4.79 Å². The van der Waals surface area contributed by atoms with Crippen LogP contribution >= 0.6 is 11.6 Å². The summed E-state index contributed by atoms with van der Waals surface area (Å²) >= 11 is 5.89. The van der Waals surface area contributed by atoms with Crippen LogP contribution in [0.5, 0.6) is 5.75 Å². The predicted molar refractivity (Wildman–Crippen MR) is 84.8 cm³/mol. The summed E-state index contributed by atoms with van der Waals surface area (Å²) in [5, 5.41) is 0.613. The van der Waals surface area contributed by atoms with Crippen LogP contribution in [0, 0.1) is 5.92 Å². The summed E-state index contributed by atoms with van der Waals surface area (Å²) in [5.74, 6) is 1.34. The second-order valence-corrected chi connectivity index (χ2v) is 6.26. The minimum atomic E-state index is 0.0409. The van der Waals surface area contributed by atoms with Crippen LogP contribution < -0.4 is 4.74 Å². The Morgan fingerprint density at radius 2 is 2.00 bits per heavy atom. The lowest BCUT2D eigenvalue weighted by Crippen LogP contribution is -2.50. The van der Waals surface area contributed by atoms with Gasteiger partial charge in [-0.2, -0.15) is 0 Å². The smallest absolute Gasteiger partial charge is 0.260 e. The van der Waals surface area contributed by atoms with Crippen LogP contribution in [0.15, 0.2) is 24.3 Å². The lowest BCUT2D eigenvalue weighted by atomic mass is 10.2. The summed E-state index contributed by atoms with van der Waals surface area (Å²) in [6.45, 7) is 9.06. The van der Waals surface area contributed by atoms with Crippen molar-refractivity contribution in [1.29, 1.82) is 0 Å². The predicted octanol–water partition coefficient (Wildman–Crippen LogP) is 2.52. The molecule has 1 fully saturated rings. The van der Waals surface area contributed by atoms with Crippen molar-refractivity contribution >= 4 is 17.5 Å². The van der Waals surface area contributed by atoms with Crippen LogP contribution in [0.1, 0.15) is 13.8 Å². The quantitative estimate of drug-likeness (QED) is 0.838. The summed E-state index contributed by atoms with van der Waals surface area (Å²) < 4.78 is 5.50. The topological polar surface area (TPSA) is 32.8 Å². The first-order chi connectivity index (χ1) is 10.0.